The predicted molar refractivity (Wildman–Crippen MR) is 113 cm³/mol. The second-order valence-corrected chi connectivity index (χ2v) is 7.00. The normalized spacial score (nSPS) is 10.9. The molecule has 4 nitrogen and oxygen atoms in total. The van der Waals surface area contributed by atoms with Gasteiger partial charge < -0.3 is 9.73 Å². The van der Waals surface area contributed by atoms with Crippen LogP contribution < -0.4 is 10.6 Å². The maximum absolute atomic E-state index is 12.4. The average molecular weight is 374 g/mol. The topological polar surface area (TPSA) is 54.3 Å². The number of amides is 1. The second-order valence-electron chi connectivity index (χ2n) is 6.59. The molecule has 0 aliphatic carbocycles. The van der Waals surface area contributed by atoms with Gasteiger partial charge in [-0.05, 0) is 56.4 Å². The average Bonchev–Trinajstić information content (AvgIpc) is 2.98. The highest BCUT2D eigenvalue weighted by atomic mass is 32.1. The van der Waals surface area contributed by atoms with Crippen molar-refractivity contribution in [1.82, 2.24) is 5.32 Å². The van der Waals surface area contributed by atoms with E-state index >= 15 is 0 Å². The number of anilines is 1. The van der Waals surface area contributed by atoms with E-state index < -0.39 is 0 Å². The number of aryl methyl sites for hydroxylation is 2. The Balaban J connectivity index is 1.52. The van der Waals surface area contributed by atoms with Crippen LogP contribution in [0.2, 0.25) is 0 Å². The van der Waals surface area contributed by atoms with Crippen LogP contribution in [0.5, 0.6) is 0 Å². The number of carbonyl (C=O) groups is 1. The molecule has 0 bridgehead atoms. The molecule has 1 amide bonds. The molecule has 1 heterocycles. The van der Waals surface area contributed by atoms with E-state index in [0.717, 1.165) is 38.8 Å². The zero-order chi connectivity index (χ0) is 19.0. The summed E-state index contributed by atoms with van der Waals surface area (Å²) in [5.41, 5.74) is 5.03. The van der Waals surface area contributed by atoms with Gasteiger partial charge in [-0.15, -0.1) is 0 Å². The number of fused-ring (bicyclic) bond motifs is 3. The summed E-state index contributed by atoms with van der Waals surface area (Å²) in [5.74, 6) is -0.232. The van der Waals surface area contributed by atoms with Crippen molar-refractivity contribution in [1.29, 1.82) is 0 Å². The Bertz CT molecular complexity index is 1170. The third-order valence-electron chi connectivity index (χ3n) is 4.35. The number of para-hydroxylation sites is 1. The van der Waals surface area contributed by atoms with Crippen LogP contribution >= 0.6 is 12.2 Å². The first kappa shape index (κ1) is 17.2. The summed E-state index contributed by atoms with van der Waals surface area (Å²) in [7, 11) is 0. The van der Waals surface area contributed by atoms with Gasteiger partial charge in [-0.3, -0.25) is 10.1 Å². The first-order valence-corrected chi connectivity index (χ1v) is 9.02. The van der Waals surface area contributed by atoms with Gasteiger partial charge in [0.25, 0.3) is 5.91 Å². The van der Waals surface area contributed by atoms with Crippen LogP contribution in [0.4, 0.5) is 5.69 Å². The van der Waals surface area contributed by atoms with Crippen molar-refractivity contribution >= 4 is 50.9 Å². The minimum atomic E-state index is -0.232. The van der Waals surface area contributed by atoms with Crippen molar-refractivity contribution < 1.29 is 9.21 Å². The summed E-state index contributed by atoms with van der Waals surface area (Å²) in [6.07, 6.45) is 0. The molecule has 0 radical (unpaired) electrons. The van der Waals surface area contributed by atoms with E-state index in [4.69, 9.17) is 16.6 Å². The number of benzene rings is 3. The molecule has 0 unspecified atom stereocenters. The monoisotopic (exact) mass is 374 g/mol. The molecular weight excluding hydrogens is 356 g/mol. The second kappa shape index (κ2) is 6.85. The van der Waals surface area contributed by atoms with Crippen LogP contribution in [0, 0.1) is 13.8 Å². The third kappa shape index (κ3) is 3.55. The highest BCUT2D eigenvalue weighted by Crippen LogP contribution is 2.30. The van der Waals surface area contributed by atoms with Gasteiger partial charge in [-0.25, -0.2) is 0 Å². The van der Waals surface area contributed by atoms with E-state index in [1.165, 1.54) is 0 Å². The lowest BCUT2D eigenvalue weighted by atomic mass is 10.1. The van der Waals surface area contributed by atoms with E-state index in [-0.39, 0.29) is 11.0 Å². The highest BCUT2D eigenvalue weighted by Gasteiger charge is 2.11. The smallest absolute Gasteiger partial charge is 0.257 e. The largest absolute Gasteiger partial charge is 0.456 e. The summed E-state index contributed by atoms with van der Waals surface area (Å²) in [5, 5.41) is 8.13. The Kier molecular flexibility index (Phi) is 4.38. The van der Waals surface area contributed by atoms with Crippen LogP contribution in [-0.2, 0) is 0 Å². The zero-order valence-electron chi connectivity index (χ0n) is 15.0. The summed E-state index contributed by atoms with van der Waals surface area (Å²) in [4.78, 5) is 12.4. The van der Waals surface area contributed by atoms with Gasteiger partial charge >= 0.3 is 0 Å². The van der Waals surface area contributed by atoms with Gasteiger partial charge in [0.1, 0.15) is 11.2 Å². The number of carbonyl (C=O) groups excluding carboxylic acids is 1. The summed E-state index contributed by atoms with van der Waals surface area (Å²) >= 11 is 5.29. The van der Waals surface area contributed by atoms with Gasteiger partial charge in [0, 0.05) is 28.1 Å². The lowest BCUT2D eigenvalue weighted by molar-refractivity contribution is 0.0977. The molecule has 3 aromatic carbocycles. The van der Waals surface area contributed by atoms with Crippen LogP contribution in [-0.4, -0.2) is 11.0 Å². The van der Waals surface area contributed by atoms with Crippen molar-refractivity contribution in [2.75, 3.05) is 5.32 Å². The molecule has 1 aromatic heterocycles. The number of furan rings is 1. The Morgan fingerprint density at radius 3 is 2.37 bits per heavy atom. The summed E-state index contributed by atoms with van der Waals surface area (Å²) < 4.78 is 5.88. The Labute approximate surface area is 162 Å². The molecule has 0 aliphatic heterocycles. The first-order chi connectivity index (χ1) is 13.0. The molecule has 0 saturated carbocycles. The lowest BCUT2D eigenvalue weighted by Crippen LogP contribution is -2.34. The molecule has 0 spiro atoms. The van der Waals surface area contributed by atoms with Gasteiger partial charge in [0.2, 0.25) is 0 Å². The highest BCUT2D eigenvalue weighted by molar-refractivity contribution is 7.80. The number of thiocarbonyl (C=S) groups is 1. The fraction of sp³-hybridized carbons (Fsp3) is 0.0909. The Hall–Kier alpha value is -3.18. The van der Waals surface area contributed by atoms with E-state index in [1.54, 1.807) is 0 Å². The molecule has 27 heavy (non-hydrogen) atoms. The van der Waals surface area contributed by atoms with Gasteiger partial charge in [-0.2, -0.15) is 0 Å². The van der Waals surface area contributed by atoms with Crippen molar-refractivity contribution in [3.63, 3.8) is 0 Å². The Morgan fingerprint density at radius 1 is 0.889 bits per heavy atom. The molecular formula is C22H18N2O2S. The third-order valence-corrected chi connectivity index (χ3v) is 4.55. The van der Waals surface area contributed by atoms with Gasteiger partial charge in [0.15, 0.2) is 5.11 Å². The predicted octanol–water partition coefficient (Wildman–Crippen LogP) is 5.33. The number of hydrogen-bond acceptors (Lipinski definition) is 3. The van der Waals surface area contributed by atoms with E-state index in [0.29, 0.717) is 5.56 Å². The fourth-order valence-electron chi connectivity index (χ4n) is 3.25. The van der Waals surface area contributed by atoms with Crippen LogP contribution in [0.3, 0.4) is 0 Å². The van der Waals surface area contributed by atoms with Crippen molar-refractivity contribution in [2.45, 2.75) is 13.8 Å². The lowest BCUT2D eigenvalue weighted by Gasteiger charge is -2.10. The minimum Gasteiger partial charge on any atom is -0.456 e. The summed E-state index contributed by atoms with van der Waals surface area (Å²) in [6, 6.07) is 19.4. The molecule has 5 heteroatoms. The molecule has 4 aromatic rings. The molecule has 0 atom stereocenters. The van der Waals surface area contributed by atoms with Crippen molar-refractivity contribution in [2.24, 2.45) is 0 Å². The zero-order valence-corrected chi connectivity index (χ0v) is 15.8. The standard InChI is InChI=1S/C22H18N2O2S/c1-13-9-14(2)11-15(10-13)21(25)24-22(27)23-16-7-8-18-17-5-3-4-6-19(17)26-20(18)12-16/h3-12H,1-2H3,(H2,23,24,25,27). The maximum Gasteiger partial charge on any atom is 0.257 e. The quantitative estimate of drug-likeness (QED) is 0.466. The van der Waals surface area contributed by atoms with Crippen LogP contribution in [0.25, 0.3) is 21.9 Å². The minimum absolute atomic E-state index is 0.232. The van der Waals surface area contributed by atoms with Crippen molar-refractivity contribution in [3.05, 3.63) is 77.4 Å². The molecule has 4 rings (SSSR count). The molecule has 0 aliphatic rings. The van der Waals surface area contributed by atoms with Gasteiger partial charge in [0.05, 0.1) is 0 Å². The number of hydrogen-bond donors (Lipinski definition) is 2. The van der Waals surface area contributed by atoms with E-state index in [1.807, 2.05) is 74.5 Å². The number of nitrogens with one attached hydrogen (secondary N) is 2. The first-order valence-electron chi connectivity index (χ1n) is 8.61. The van der Waals surface area contributed by atoms with Crippen LogP contribution in [0.15, 0.2) is 65.1 Å². The maximum atomic E-state index is 12.4. The van der Waals surface area contributed by atoms with Crippen molar-refractivity contribution in [3.8, 4) is 0 Å². The molecule has 0 fully saturated rings. The van der Waals surface area contributed by atoms with E-state index in [9.17, 15) is 4.79 Å². The molecule has 134 valence electrons. The molecule has 2 N–H and O–H groups in total. The fourth-order valence-corrected chi connectivity index (χ4v) is 3.46. The van der Waals surface area contributed by atoms with Gasteiger partial charge in [-0.1, -0.05) is 35.4 Å². The number of rotatable bonds is 2. The SMILES string of the molecule is Cc1cc(C)cc(C(=O)NC(=S)Nc2ccc3c(c2)oc2ccccc23)c1. The van der Waals surface area contributed by atoms with E-state index in [2.05, 4.69) is 10.6 Å². The Morgan fingerprint density at radius 2 is 1.59 bits per heavy atom. The summed E-state index contributed by atoms with van der Waals surface area (Å²) in [6.45, 7) is 3.92. The van der Waals surface area contributed by atoms with Crippen LogP contribution in [0.1, 0.15) is 21.5 Å². The molecule has 0 saturated heterocycles.